The molecule has 1 saturated heterocycles. The Balaban J connectivity index is 1.92. The van der Waals surface area contributed by atoms with Crippen molar-refractivity contribution in [2.45, 2.75) is 11.3 Å². The largest absolute Gasteiger partial charge is 0.264 e. The molecule has 3 rings (SSSR count). The minimum atomic E-state index is -1.15. The summed E-state index contributed by atoms with van der Waals surface area (Å²) in [5.41, 5.74) is 0. The molecule has 1 aliphatic rings. The van der Waals surface area contributed by atoms with E-state index >= 15 is 0 Å². The molecule has 0 spiro atoms. The fourth-order valence-electron chi connectivity index (χ4n) is 2.41. The second-order valence-corrected chi connectivity index (χ2v) is 6.73. The standard InChI is InChI=1S/C14H16ClN3OS/c15-17-7-2-8-18(10-9-17)20(19)14-4-1-3-12-11-16-6-5-13(12)14/h1,3-6,11H,2,7-10H2. The van der Waals surface area contributed by atoms with Crippen molar-refractivity contribution in [1.29, 1.82) is 0 Å². The van der Waals surface area contributed by atoms with Gasteiger partial charge in [0.15, 0.2) is 0 Å². The van der Waals surface area contributed by atoms with Crippen LogP contribution in [-0.4, -0.2) is 44.1 Å². The summed E-state index contributed by atoms with van der Waals surface area (Å²) in [7, 11) is -1.15. The van der Waals surface area contributed by atoms with Crippen LogP contribution in [0.4, 0.5) is 0 Å². The Morgan fingerprint density at radius 2 is 2.05 bits per heavy atom. The van der Waals surface area contributed by atoms with Gasteiger partial charge in [0.05, 0.1) is 4.90 Å². The van der Waals surface area contributed by atoms with Crippen molar-refractivity contribution in [3.8, 4) is 0 Å². The van der Waals surface area contributed by atoms with Crippen LogP contribution >= 0.6 is 11.8 Å². The number of benzene rings is 1. The smallest absolute Gasteiger partial charge is 0.128 e. The van der Waals surface area contributed by atoms with Gasteiger partial charge in [0.2, 0.25) is 0 Å². The van der Waals surface area contributed by atoms with E-state index in [0.717, 1.165) is 48.3 Å². The van der Waals surface area contributed by atoms with Crippen LogP contribution in [0.3, 0.4) is 0 Å². The van der Waals surface area contributed by atoms with E-state index in [4.69, 9.17) is 11.8 Å². The van der Waals surface area contributed by atoms with Crippen molar-refractivity contribution >= 4 is 33.5 Å². The van der Waals surface area contributed by atoms with Crippen LogP contribution in [0.2, 0.25) is 0 Å². The summed E-state index contributed by atoms with van der Waals surface area (Å²) in [5.74, 6) is 0. The van der Waals surface area contributed by atoms with Gasteiger partial charge in [0.1, 0.15) is 11.0 Å². The summed E-state index contributed by atoms with van der Waals surface area (Å²) >= 11 is 6.03. The fraction of sp³-hybridized carbons (Fsp3) is 0.357. The topological polar surface area (TPSA) is 36.4 Å². The highest BCUT2D eigenvalue weighted by molar-refractivity contribution is 7.83. The van der Waals surface area contributed by atoms with E-state index in [1.807, 2.05) is 28.6 Å². The third-order valence-corrected chi connectivity index (χ3v) is 5.37. The van der Waals surface area contributed by atoms with Crippen LogP contribution < -0.4 is 0 Å². The van der Waals surface area contributed by atoms with Crippen molar-refractivity contribution in [2.24, 2.45) is 0 Å². The van der Waals surface area contributed by atoms with Gasteiger partial charge in [-0.15, -0.1) is 0 Å². The average molecular weight is 310 g/mol. The molecule has 1 unspecified atom stereocenters. The lowest BCUT2D eigenvalue weighted by molar-refractivity contribution is 0.446. The third kappa shape index (κ3) is 2.86. The van der Waals surface area contributed by atoms with Gasteiger partial charge in [-0.1, -0.05) is 12.1 Å². The molecule has 0 bridgehead atoms. The third-order valence-electron chi connectivity index (χ3n) is 3.46. The lowest BCUT2D eigenvalue weighted by atomic mass is 10.2. The highest BCUT2D eigenvalue weighted by atomic mass is 35.5. The normalized spacial score (nSPS) is 19.9. The van der Waals surface area contributed by atoms with E-state index in [-0.39, 0.29) is 0 Å². The van der Waals surface area contributed by atoms with E-state index < -0.39 is 11.0 Å². The second-order valence-electron chi connectivity index (χ2n) is 4.79. The Bertz CT molecular complexity index is 631. The molecule has 0 radical (unpaired) electrons. The molecule has 0 saturated carbocycles. The summed E-state index contributed by atoms with van der Waals surface area (Å²) < 4.78 is 16.6. The predicted molar refractivity (Wildman–Crippen MR) is 81.8 cm³/mol. The van der Waals surface area contributed by atoms with Crippen LogP contribution in [0.25, 0.3) is 10.8 Å². The molecule has 20 heavy (non-hydrogen) atoms. The first kappa shape index (κ1) is 13.9. The number of fused-ring (bicyclic) bond motifs is 1. The Morgan fingerprint density at radius 3 is 2.95 bits per heavy atom. The van der Waals surface area contributed by atoms with Crippen LogP contribution in [0.1, 0.15) is 6.42 Å². The molecule has 106 valence electrons. The average Bonchev–Trinajstić information content (AvgIpc) is 2.71. The molecule has 0 amide bonds. The molecule has 1 aliphatic heterocycles. The van der Waals surface area contributed by atoms with Crippen LogP contribution in [0, 0.1) is 0 Å². The first-order valence-electron chi connectivity index (χ1n) is 6.66. The van der Waals surface area contributed by atoms with Gasteiger partial charge in [-0.3, -0.25) is 4.98 Å². The number of hydrogen-bond acceptors (Lipinski definition) is 3. The van der Waals surface area contributed by atoms with Crippen molar-refractivity contribution in [1.82, 2.24) is 13.7 Å². The van der Waals surface area contributed by atoms with Crippen LogP contribution in [0.15, 0.2) is 41.6 Å². The summed E-state index contributed by atoms with van der Waals surface area (Å²) in [4.78, 5) is 4.97. The Morgan fingerprint density at radius 1 is 1.15 bits per heavy atom. The van der Waals surface area contributed by atoms with Gasteiger partial charge in [-0.05, 0) is 30.3 Å². The first-order valence-corrected chi connectivity index (χ1v) is 8.10. The quantitative estimate of drug-likeness (QED) is 0.799. The van der Waals surface area contributed by atoms with Crippen LogP contribution in [-0.2, 0) is 11.0 Å². The summed E-state index contributed by atoms with van der Waals surface area (Å²) in [6.45, 7) is 3.10. The summed E-state index contributed by atoms with van der Waals surface area (Å²) in [6.07, 6.45) is 4.48. The Hall–Kier alpha value is -1.01. The number of hydrogen-bond donors (Lipinski definition) is 0. The molecule has 1 atom stereocenters. The predicted octanol–water partition coefficient (Wildman–Crippen LogP) is 2.42. The van der Waals surface area contributed by atoms with Gasteiger partial charge in [-0.2, -0.15) is 0 Å². The number of halogens is 1. The van der Waals surface area contributed by atoms with E-state index in [0.29, 0.717) is 0 Å². The maximum absolute atomic E-state index is 12.8. The summed E-state index contributed by atoms with van der Waals surface area (Å²) in [5, 5.41) is 2.03. The summed E-state index contributed by atoms with van der Waals surface area (Å²) in [6, 6.07) is 7.78. The van der Waals surface area contributed by atoms with Crippen molar-refractivity contribution < 1.29 is 4.21 Å². The SMILES string of the molecule is O=S(c1cccc2cnccc12)N1CCCN(Cl)CC1. The zero-order valence-electron chi connectivity index (χ0n) is 11.0. The fourth-order valence-corrected chi connectivity index (χ4v) is 4.00. The molecule has 0 aliphatic carbocycles. The minimum absolute atomic E-state index is 0.720. The van der Waals surface area contributed by atoms with Gasteiger partial charge in [0.25, 0.3) is 0 Å². The first-order chi connectivity index (χ1) is 9.75. The number of nitrogens with zero attached hydrogens (tertiary/aromatic N) is 3. The molecule has 1 aromatic carbocycles. The molecule has 6 heteroatoms. The molecule has 2 heterocycles. The van der Waals surface area contributed by atoms with Gasteiger partial charge in [0, 0.05) is 49.3 Å². The zero-order valence-corrected chi connectivity index (χ0v) is 12.6. The van der Waals surface area contributed by atoms with Crippen molar-refractivity contribution in [2.75, 3.05) is 26.2 Å². The van der Waals surface area contributed by atoms with Crippen molar-refractivity contribution in [3.05, 3.63) is 36.7 Å². The zero-order chi connectivity index (χ0) is 13.9. The van der Waals surface area contributed by atoms with E-state index in [9.17, 15) is 4.21 Å². The lowest BCUT2D eigenvalue weighted by Gasteiger charge is -2.19. The monoisotopic (exact) mass is 309 g/mol. The second kappa shape index (κ2) is 6.18. The number of rotatable bonds is 2. The van der Waals surface area contributed by atoms with E-state index in [1.54, 1.807) is 16.8 Å². The molecule has 1 aromatic heterocycles. The van der Waals surface area contributed by atoms with Crippen LogP contribution in [0.5, 0.6) is 0 Å². The molecule has 0 N–H and O–H groups in total. The lowest BCUT2D eigenvalue weighted by Crippen LogP contribution is -2.29. The minimum Gasteiger partial charge on any atom is -0.264 e. The maximum atomic E-state index is 12.8. The molecular formula is C14H16ClN3OS. The highest BCUT2D eigenvalue weighted by Crippen LogP contribution is 2.23. The van der Waals surface area contributed by atoms with E-state index in [2.05, 4.69) is 4.98 Å². The molecule has 4 nitrogen and oxygen atoms in total. The molecule has 2 aromatic rings. The van der Waals surface area contributed by atoms with Gasteiger partial charge < -0.3 is 0 Å². The Kier molecular flexibility index (Phi) is 4.31. The van der Waals surface area contributed by atoms with Gasteiger partial charge >= 0.3 is 0 Å². The highest BCUT2D eigenvalue weighted by Gasteiger charge is 2.20. The number of pyridine rings is 1. The Labute approximate surface area is 126 Å². The van der Waals surface area contributed by atoms with Crippen molar-refractivity contribution in [3.63, 3.8) is 0 Å². The van der Waals surface area contributed by atoms with E-state index in [1.165, 1.54) is 0 Å². The maximum Gasteiger partial charge on any atom is 0.128 e. The van der Waals surface area contributed by atoms with Gasteiger partial charge in [-0.25, -0.2) is 12.9 Å². The molecular weight excluding hydrogens is 294 g/mol. The number of aromatic nitrogens is 1. The molecule has 1 fully saturated rings.